The van der Waals surface area contributed by atoms with E-state index in [1.54, 1.807) is 25.1 Å². The Morgan fingerprint density at radius 2 is 1.84 bits per heavy atom. The molecule has 3 rings (SSSR count). The summed E-state index contributed by atoms with van der Waals surface area (Å²) in [6.07, 6.45) is 4.10. The zero-order chi connectivity index (χ0) is 23.3. The highest BCUT2D eigenvalue weighted by Crippen LogP contribution is 2.24. The van der Waals surface area contributed by atoms with Crippen LogP contribution in [0.3, 0.4) is 0 Å². The summed E-state index contributed by atoms with van der Waals surface area (Å²) in [6, 6.07) is 9.67. The Balaban J connectivity index is 1.76. The fraction of sp³-hybridized carbons (Fsp3) is 0.462. The maximum atomic E-state index is 14.3. The topological polar surface area (TPSA) is 58.6 Å². The number of hydrogen-bond donors (Lipinski definition) is 1. The molecule has 0 aliphatic heterocycles. The van der Waals surface area contributed by atoms with Crippen molar-refractivity contribution in [2.75, 3.05) is 6.61 Å². The molecule has 0 radical (unpaired) electrons. The number of benzene rings is 2. The van der Waals surface area contributed by atoms with Gasteiger partial charge in [0.2, 0.25) is 5.91 Å². The first kappa shape index (κ1) is 23.8. The molecule has 0 bridgehead atoms. The summed E-state index contributed by atoms with van der Waals surface area (Å²) < 4.78 is 20.2. The zero-order valence-corrected chi connectivity index (χ0v) is 19.4. The van der Waals surface area contributed by atoms with Crippen LogP contribution >= 0.6 is 0 Å². The van der Waals surface area contributed by atoms with Crippen LogP contribution in [0.2, 0.25) is 0 Å². The van der Waals surface area contributed by atoms with E-state index in [1.807, 2.05) is 26.8 Å². The van der Waals surface area contributed by atoms with Crippen molar-refractivity contribution in [2.45, 2.75) is 72.0 Å². The number of halogens is 1. The van der Waals surface area contributed by atoms with Crippen molar-refractivity contribution in [2.24, 2.45) is 0 Å². The van der Waals surface area contributed by atoms with E-state index in [0.717, 1.165) is 42.4 Å². The molecule has 0 saturated heterocycles. The van der Waals surface area contributed by atoms with Gasteiger partial charge in [0, 0.05) is 18.2 Å². The van der Waals surface area contributed by atoms with E-state index in [1.165, 1.54) is 11.0 Å². The summed E-state index contributed by atoms with van der Waals surface area (Å²) in [7, 11) is 0. The minimum atomic E-state index is -0.744. The lowest BCUT2D eigenvalue weighted by Crippen LogP contribution is -2.50. The van der Waals surface area contributed by atoms with Crippen LogP contribution in [0.1, 0.15) is 54.9 Å². The van der Waals surface area contributed by atoms with Gasteiger partial charge in [-0.2, -0.15) is 0 Å². The predicted molar refractivity (Wildman–Crippen MR) is 123 cm³/mol. The van der Waals surface area contributed by atoms with Gasteiger partial charge in [0.1, 0.15) is 17.6 Å². The van der Waals surface area contributed by atoms with E-state index < -0.39 is 11.9 Å². The molecular weight excluding hydrogens is 407 g/mol. The molecule has 1 aliphatic rings. The molecule has 5 nitrogen and oxygen atoms in total. The first-order valence-corrected chi connectivity index (χ1v) is 11.3. The smallest absolute Gasteiger partial charge is 0.261 e. The van der Waals surface area contributed by atoms with Crippen LogP contribution in [0.4, 0.5) is 4.39 Å². The Morgan fingerprint density at radius 1 is 1.16 bits per heavy atom. The molecule has 1 atom stereocenters. The second kappa shape index (κ2) is 10.6. The lowest BCUT2D eigenvalue weighted by Gasteiger charge is -2.30. The summed E-state index contributed by atoms with van der Waals surface area (Å²) in [4.78, 5) is 27.5. The van der Waals surface area contributed by atoms with Crippen molar-refractivity contribution >= 4 is 11.8 Å². The van der Waals surface area contributed by atoms with Crippen LogP contribution in [0.5, 0.6) is 5.75 Å². The number of nitrogens with zero attached hydrogens (tertiary/aromatic N) is 1. The van der Waals surface area contributed by atoms with Crippen molar-refractivity contribution < 1.29 is 18.7 Å². The Kier molecular flexibility index (Phi) is 7.89. The van der Waals surface area contributed by atoms with Crippen LogP contribution in [0.15, 0.2) is 36.4 Å². The van der Waals surface area contributed by atoms with Gasteiger partial charge in [0.05, 0.1) is 0 Å². The van der Waals surface area contributed by atoms with Crippen LogP contribution in [-0.4, -0.2) is 35.4 Å². The summed E-state index contributed by atoms with van der Waals surface area (Å²) >= 11 is 0. The number of aryl methyl sites for hydroxylation is 2. The van der Waals surface area contributed by atoms with Crippen LogP contribution in [0.25, 0.3) is 0 Å². The van der Waals surface area contributed by atoms with Crippen molar-refractivity contribution in [1.82, 2.24) is 10.2 Å². The lowest BCUT2D eigenvalue weighted by molar-refractivity contribution is -0.142. The van der Waals surface area contributed by atoms with Gasteiger partial charge in [-0.3, -0.25) is 9.59 Å². The normalized spacial score (nSPS) is 14.8. The van der Waals surface area contributed by atoms with Gasteiger partial charge >= 0.3 is 0 Å². The Labute approximate surface area is 190 Å². The van der Waals surface area contributed by atoms with E-state index in [0.29, 0.717) is 11.3 Å². The van der Waals surface area contributed by atoms with Gasteiger partial charge in [0.25, 0.3) is 5.91 Å². The number of carbonyl (C=O) groups excluding carboxylic acids is 2. The Hall–Kier alpha value is -2.89. The number of rotatable bonds is 8. The highest BCUT2D eigenvalue weighted by atomic mass is 19.1. The largest absolute Gasteiger partial charge is 0.483 e. The third-order valence-electron chi connectivity index (χ3n) is 6.28. The van der Waals surface area contributed by atoms with Gasteiger partial charge in [-0.25, -0.2) is 4.39 Å². The van der Waals surface area contributed by atoms with Crippen molar-refractivity contribution in [3.8, 4) is 5.75 Å². The second-order valence-corrected chi connectivity index (χ2v) is 8.77. The molecule has 1 N–H and O–H groups in total. The zero-order valence-electron chi connectivity index (χ0n) is 19.4. The summed E-state index contributed by atoms with van der Waals surface area (Å²) in [5.74, 6) is -0.338. The molecule has 2 aromatic rings. The lowest BCUT2D eigenvalue weighted by atomic mass is 10.1. The monoisotopic (exact) mass is 440 g/mol. The van der Waals surface area contributed by atoms with Gasteiger partial charge in [-0.1, -0.05) is 37.1 Å². The Morgan fingerprint density at radius 3 is 2.53 bits per heavy atom. The first-order chi connectivity index (χ1) is 15.3. The first-order valence-electron chi connectivity index (χ1n) is 11.3. The van der Waals surface area contributed by atoms with Crippen LogP contribution in [0, 0.1) is 26.6 Å². The molecule has 2 aromatic carbocycles. The molecule has 32 heavy (non-hydrogen) atoms. The average molecular weight is 441 g/mol. The molecule has 0 heterocycles. The Bertz CT molecular complexity index is 970. The average Bonchev–Trinajstić information content (AvgIpc) is 3.27. The highest BCUT2D eigenvalue weighted by molar-refractivity contribution is 5.88. The summed E-state index contributed by atoms with van der Waals surface area (Å²) in [6.45, 7) is 7.38. The molecule has 1 fully saturated rings. The third kappa shape index (κ3) is 5.87. The molecule has 1 aliphatic carbocycles. The molecule has 2 amide bonds. The molecule has 6 heteroatoms. The van der Waals surface area contributed by atoms with Crippen molar-refractivity contribution in [1.29, 1.82) is 0 Å². The number of carbonyl (C=O) groups is 2. The quantitative estimate of drug-likeness (QED) is 0.652. The minimum absolute atomic E-state index is 0.0000522. The van der Waals surface area contributed by atoms with E-state index in [9.17, 15) is 14.0 Å². The molecule has 0 aromatic heterocycles. The maximum absolute atomic E-state index is 14.3. The number of nitrogens with one attached hydrogen (secondary N) is 1. The molecular formula is C26H33FN2O3. The fourth-order valence-electron chi connectivity index (χ4n) is 4.16. The van der Waals surface area contributed by atoms with E-state index >= 15 is 0 Å². The summed E-state index contributed by atoms with van der Waals surface area (Å²) in [5, 5.41) is 3.04. The number of hydrogen-bond acceptors (Lipinski definition) is 3. The van der Waals surface area contributed by atoms with Gasteiger partial charge in [-0.15, -0.1) is 0 Å². The van der Waals surface area contributed by atoms with Crippen LogP contribution in [-0.2, 0) is 16.1 Å². The maximum Gasteiger partial charge on any atom is 0.261 e. The van der Waals surface area contributed by atoms with Crippen molar-refractivity contribution in [3.05, 3.63) is 64.5 Å². The van der Waals surface area contributed by atoms with Gasteiger partial charge in [-0.05, 0) is 69.4 Å². The standard InChI is InChI=1S/C26H33FN2O3/c1-17-13-18(2)19(3)24(14-17)32-16-25(30)29(15-21-9-5-8-12-23(21)27)20(4)26(31)28-22-10-6-7-11-22/h5,8-9,12-14,20,22H,6-7,10-11,15-16H2,1-4H3,(H,28,31). The molecule has 1 unspecified atom stereocenters. The van der Waals surface area contributed by atoms with E-state index in [-0.39, 0.29) is 31.0 Å². The van der Waals surface area contributed by atoms with Crippen LogP contribution < -0.4 is 10.1 Å². The van der Waals surface area contributed by atoms with E-state index in [2.05, 4.69) is 11.4 Å². The molecule has 1 saturated carbocycles. The number of amides is 2. The number of ether oxygens (including phenoxy) is 1. The third-order valence-corrected chi connectivity index (χ3v) is 6.28. The van der Waals surface area contributed by atoms with Crippen molar-refractivity contribution in [3.63, 3.8) is 0 Å². The SMILES string of the molecule is Cc1cc(C)c(C)c(OCC(=O)N(Cc2ccccc2F)C(C)C(=O)NC2CCCC2)c1. The second-order valence-electron chi connectivity index (χ2n) is 8.77. The summed E-state index contributed by atoms with van der Waals surface area (Å²) in [5.41, 5.74) is 3.46. The van der Waals surface area contributed by atoms with Gasteiger partial charge < -0.3 is 15.0 Å². The predicted octanol–water partition coefficient (Wildman–Crippen LogP) is 4.61. The molecule has 172 valence electrons. The fourth-order valence-corrected chi connectivity index (χ4v) is 4.16. The highest BCUT2D eigenvalue weighted by Gasteiger charge is 2.29. The molecule has 0 spiro atoms. The van der Waals surface area contributed by atoms with Gasteiger partial charge in [0.15, 0.2) is 6.61 Å². The minimum Gasteiger partial charge on any atom is -0.483 e. The van der Waals surface area contributed by atoms with E-state index in [4.69, 9.17) is 4.74 Å².